The molecule has 5 nitrogen and oxygen atoms in total. The van der Waals surface area contributed by atoms with Gasteiger partial charge in [-0.1, -0.05) is 50.2 Å². The fraction of sp³-hybridized carbons (Fsp3) is 0.389. The Morgan fingerprint density at radius 3 is 2.25 bits per heavy atom. The van der Waals surface area contributed by atoms with Crippen LogP contribution in [0.3, 0.4) is 0 Å². The van der Waals surface area contributed by atoms with Gasteiger partial charge in [-0.3, -0.25) is 0 Å². The summed E-state index contributed by atoms with van der Waals surface area (Å²) < 4.78 is 32.6. The first kappa shape index (κ1) is 18.4. The lowest BCUT2D eigenvalue weighted by atomic mass is 10.2. The van der Waals surface area contributed by atoms with Crippen LogP contribution in [-0.2, 0) is 16.6 Å². The van der Waals surface area contributed by atoms with Gasteiger partial charge in [0.2, 0.25) is 5.88 Å². The summed E-state index contributed by atoms with van der Waals surface area (Å²) >= 11 is 0. The zero-order chi connectivity index (χ0) is 17.4. The molecule has 0 unspecified atom stereocenters. The summed E-state index contributed by atoms with van der Waals surface area (Å²) in [5.74, 6) is 0.313. The van der Waals surface area contributed by atoms with E-state index in [0.717, 1.165) is 18.4 Å². The van der Waals surface area contributed by atoms with Gasteiger partial charge in [-0.25, -0.2) is 13.4 Å². The van der Waals surface area contributed by atoms with Crippen LogP contribution in [0, 0.1) is 0 Å². The monoisotopic (exact) mass is 348 g/mol. The number of nitrogens with zero attached hydrogens (tertiary/aromatic N) is 2. The molecule has 1 aromatic heterocycles. The highest BCUT2D eigenvalue weighted by Crippen LogP contribution is 2.18. The van der Waals surface area contributed by atoms with Crippen molar-refractivity contribution in [3.05, 3.63) is 54.1 Å². The third-order valence-corrected chi connectivity index (χ3v) is 5.28. The van der Waals surface area contributed by atoms with Gasteiger partial charge in [0.1, 0.15) is 6.61 Å². The van der Waals surface area contributed by atoms with E-state index in [1.165, 1.54) is 10.4 Å². The van der Waals surface area contributed by atoms with Crippen LogP contribution in [0.25, 0.3) is 0 Å². The van der Waals surface area contributed by atoms with Crippen molar-refractivity contribution < 1.29 is 13.2 Å². The molecule has 0 spiro atoms. The quantitative estimate of drug-likeness (QED) is 0.696. The second-order valence-electron chi connectivity index (χ2n) is 5.49. The number of rotatable bonds is 9. The van der Waals surface area contributed by atoms with Gasteiger partial charge in [0.05, 0.1) is 0 Å². The molecule has 0 aliphatic rings. The van der Waals surface area contributed by atoms with Crippen molar-refractivity contribution in [1.82, 2.24) is 9.29 Å². The third-order valence-electron chi connectivity index (χ3n) is 3.48. The predicted molar refractivity (Wildman–Crippen MR) is 94.4 cm³/mol. The average Bonchev–Trinajstić information content (AvgIpc) is 2.61. The van der Waals surface area contributed by atoms with Gasteiger partial charge in [0, 0.05) is 19.2 Å². The summed E-state index contributed by atoms with van der Waals surface area (Å²) in [6, 6.07) is 14.5. The van der Waals surface area contributed by atoms with E-state index in [9.17, 15) is 8.42 Å². The molecule has 6 heteroatoms. The molecule has 1 heterocycles. The molecule has 0 saturated carbocycles. The lowest BCUT2D eigenvalue weighted by Crippen LogP contribution is -2.33. The molecule has 0 N–H and O–H groups in total. The number of hydrogen-bond donors (Lipinski definition) is 0. The van der Waals surface area contributed by atoms with Crippen LogP contribution in [0.4, 0.5) is 0 Å². The maximum atomic E-state index is 12.7. The van der Waals surface area contributed by atoms with Crippen molar-refractivity contribution in [3.63, 3.8) is 0 Å². The Hall–Kier alpha value is -1.92. The molecule has 0 aliphatic carbocycles. The summed E-state index contributed by atoms with van der Waals surface area (Å²) in [6.45, 7) is 5.26. The average molecular weight is 348 g/mol. The SMILES string of the molecule is CCCN(CCC)S(=O)(=O)c1cccc(OCc2ccccc2)n1. The van der Waals surface area contributed by atoms with Crippen LogP contribution < -0.4 is 4.74 Å². The van der Waals surface area contributed by atoms with Crippen LogP contribution in [-0.4, -0.2) is 30.8 Å². The second-order valence-corrected chi connectivity index (χ2v) is 7.38. The summed E-state index contributed by atoms with van der Waals surface area (Å²) in [7, 11) is -3.59. The Kier molecular flexibility index (Phi) is 6.75. The van der Waals surface area contributed by atoms with Gasteiger partial charge >= 0.3 is 0 Å². The Balaban J connectivity index is 2.16. The minimum atomic E-state index is -3.59. The summed E-state index contributed by atoms with van der Waals surface area (Å²) in [4.78, 5) is 4.19. The third kappa shape index (κ3) is 4.79. The first-order chi connectivity index (χ1) is 11.6. The van der Waals surface area contributed by atoms with E-state index in [1.807, 2.05) is 44.2 Å². The molecule has 2 aromatic rings. The van der Waals surface area contributed by atoms with E-state index in [4.69, 9.17) is 4.74 Å². The first-order valence-electron chi connectivity index (χ1n) is 8.21. The molecule has 0 atom stereocenters. The molecular weight excluding hydrogens is 324 g/mol. The lowest BCUT2D eigenvalue weighted by molar-refractivity contribution is 0.291. The molecular formula is C18H24N2O3S. The molecule has 0 bridgehead atoms. The number of hydrogen-bond acceptors (Lipinski definition) is 4. The van der Waals surface area contributed by atoms with Gasteiger partial charge in [0.25, 0.3) is 10.0 Å². The van der Waals surface area contributed by atoms with Gasteiger partial charge < -0.3 is 4.74 Å². The van der Waals surface area contributed by atoms with Crippen LogP contribution in [0.15, 0.2) is 53.6 Å². The van der Waals surface area contributed by atoms with E-state index in [-0.39, 0.29) is 5.03 Å². The van der Waals surface area contributed by atoms with Crippen molar-refractivity contribution in [3.8, 4) is 5.88 Å². The largest absolute Gasteiger partial charge is 0.473 e. The van der Waals surface area contributed by atoms with Crippen molar-refractivity contribution in [2.45, 2.75) is 38.3 Å². The topological polar surface area (TPSA) is 59.5 Å². The second kappa shape index (κ2) is 8.80. The van der Waals surface area contributed by atoms with Gasteiger partial charge in [-0.2, -0.15) is 4.31 Å². The Morgan fingerprint density at radius 1 is 0.958 bits per heavy atom. The number of pyridine rings is 1. The molecule has 1 aromatic carbocycles. The van der Waals surface area contributed by atoms with Crippen LogP contribution in [0.2, 0.25) is 0 Å². The molecule has 0 saturated heterocycles. The van der Waals surface area contributed by atoms with Gasteiger partial charge in [-0.15, -0.1) is 0 Å². The van der Waals surface area contributed by atoms with E-state index >= 15 is 0 Å². The normalized spacial score (nSPS) is 11.6. The van der Waals surface area contributed by atoms with Gasteiger partial charge in [0.15, 0.2) is 5.03 Å². The van der Waals surface area contributed by atoms with Crippen LogP contribution >= 0.6 is 0 Å². The molecule has 130 valence electrons. The number of aromatic nitrogens is 1. The fourth-order valence-corrected chi connectivity index (χ4v) is 3.90. The molecule has 0 radical (unpaired) electrons. The molecule has 24 heavy (non-hydrogen) atoms. The minimum Gasteiger partial charge on any atom is -0.473 e. The zero-order valence-electron chi connectivity index (χ0n) is 14.2. The van der Waals surface area contributed by atoms with Crippen molar-refractivity contribution in [2.24, 2.45) is 0 Å². The maximum absolute atomic E-state index is 12.7. The highest BCUT2D eigenvalue weighted by Gasteiger charge is 2.24. The Labute approximate surface area is 144 Å². The predicted octanol–water partition coefficient (Wildman–Crippen LogP) is 3.47. The number of sulfonamides is 1. The van der Waals surface area contributed by atoms with E-state index in [1.54, 1.807) is 12.1 Å². The molecule has 2 rings (SSSR count). The fourth-order valence-electron chi connectivity index (χ4n) is 2.33. The van der Waals surface area contributed by atoms with E-state index in [0.29, 0.717) is 25.6 Å². The number of ether oxygens (including phenoxy) is 1. The zero-order valence-corrected chi connectivity index (χ0v) is 15.0. The highest BCUT2D eigenvalue weighted by atomic mass is 32.2. The highest BCUT2D eigenvalue weighted by molar-refractivity contribution is 7.89. The van der Waals surface area contributed by atoms with E-state index in [2.05, 4.69) is 4.98 Å². The maximum Gasteiger partial charge on any atom is 0.260 e. The minimum absolute atomic E-state index is 0.0370. The lowest BCUT2D eigenvalue weighted by Gasteiger charge is -2.20. The molecule has 0 amide bonds. The molecule has 0 aliphatic heterocycles. The van der Waals surface area contributed by atoms with Crippen molar-refractivity contribution >= 4 is 10.0 Å². The number of benzene rings is 1. The Bertz CT molecular complexity index is 727. The Morgan fingerprint density at radius 2 is 1.62 bits per heavy atom. The summed E-state index contributed by atoms with van der Waals surface area (Å²) in [6.07, 6.45) is 1.53. The smallest absolute Gasteiger partial charge is 0.260 e. The van der Waals surface area contributed by atoms with Crippen LogP contribution in [0.1, 0.15) is 32.3 Å². The molecule has 0 fully saturated rings. The van der Waals surface area contributed by atoms with Crippen LogP contribution in [0.5, 0.6) is 5.88 Å². The summed E-state index contributed by atoms with van der Waals surface area (Å²) in [5.41, 5.74) is 1.01. The van der Waals surface area contributed by atoms with Gasteiger partial charge in [-0.05, 0) is 24.5 Å². The summed E-state index contributed by atoms with van der Waals surface area (Å²) in [5, 5.41) is 0.0370. The van der Waals surface area contributed by atoms with Crippen molar-refractivity contribution in [2.75, 3.05) is 13.1 Å². The van der Waals surface area contributed by atoms with E-state index < -0.39 is 10.0 Å². The standard InChI is InChI=1S/C18H24N2O3S/c1-3-13-20(14-4-2)24(21,22)18-12-8-11-17(19-18)23-15-16-9-6-5-7-10-16/h5-12H,3-4,13-15H2,1-2H3. The first-order valence-corrected chi connectivity index (χ1v) is 9.66. The van der Waals surface area contributed by atoms with Crippen molar-refractivity contribution in [1.29, 1.82) is 0 Å².